The van der Waals surface area contributed by atoms with Gasteiger partial charge in [-0.25, -0.2) is 19.6 Å². The zero-order chi connectivity index (χ0) is 15.2. The van der Waals surface area contributed by atoms with Crippen LogP contribution in [-0.4, -0.2) is 47.5 Å². The van der Waals surface area contributed by atoms with Gasteiger partial charge in [-0.1, -0.05) is 12.2 Å². The molecule has 6 nitrogen and oxygen atoms in total. The molecule has 0 radical (unpaired) electrons. The molecule has 2 unspecified atom stereocenters. The van der Waals surface area contributed by atoms with Crippen LogP contribution in [0.2, 0.25) is 0 Å². The number of carbonyl (C=O) groups excluding carboxylic acids is 2. The van der Waals surface area contributed by atoms with Gasteiger partial charge in [-0.2, -0.15) is 0 Å². The molecule has 8 atom stereocenters. The lowest BCUT2D eigenvalue weighted by Gasteiger charge is -2.44. The number of hydrogen-bond acceptors (Lipinski definition) is 4. The molecule has 0 N–H and O–H groups in total. The van der Waals surface area contributed by atoms with Gasteiger partial charge in [-0.3, -0.25) is 0 Å². The molecule has 2 amide bonds. The van der Waals surface area contributed by atoms with Crippen LogP contribution in [0.1, 0.15) is 13.8 Å². The zero-order valence-corrected chi connectivity index (χ0v) is 12.7. The number of hydrogen-bond donors (Lipinski definition) is 0. The van der Waals surface area contributed by atoms with Crippen molar-refractivity contribution in [1.82, 2.24) is 10.0 Å². The fraction of sp³-hybridized carbons (Fsp3) is 0.750. The molecular formula is C16H20N2O4. The molecule has 1 saturated heterocycles. The van der Waals surface area contributed by atoms with E-state index in [4.69, 9.17) is 9.47 Å². The maximum Gasteiger partial charge on any atom is 0.429 e. The van der Waals surface area contributed by atoms with Crippen molar-refractivity contribution in [2.45, 2.75) is 25.9 Å². The van der Waals surface area contributed by atoms with Gasteiger partial charge in [-0.15, -0.1) is 0 Å². The highest BCUT2D eigenvalue weighted by atomic mass is 16.6. The number of allylic oxidation sites excluding steroid dienone is 2. The second-order valence-corrected chi connectivity index (χ2v) is 6.92. The van der Waals surface area contributed by atoms with Gasteiger partial charge in [0, 0.05) is 5.92 Å². The Morgan fingerprint density at radius 1 is 0.818 bits per heavy atom. The molecule has 6 aliphatic rings. The van der Waals surface area contributed by atoms with E-state index >= 15 is 0 Å². The Bertz CT molecular complexity index is 543. The first-order valence-electron chi connectivity index (χ1n) is 8.31. The number of carbonyl (C=O) groups is 2. The molecule has 8 bridgehead atoms. The Hall–Kier alpha value is -1.72. The summed E-state index contributed by atoms with van der Waals surface area (Å²) >= 11 is 0. The number of hydrazine groups is 1. The van der Waals surface area contributed by atoms with Gasteiger partial charge in [0.25, 0.3) is 0 Å². The summed E-state index contributed by atoms with van der Waals surface area (Å²) in [5.74, 6) is 3.22. The predicted molar refractivity (Wildman–Crippen MR) is 75.4 cm³/mol. The summed E-state index contributed by atoms with van der Waals surface area (Å²) in [4.78, 5) is 24.9. The monoisotopic (exact) mass is 304 g/mol. The minimum atomic E-state index is -0.404. The summed E-state index contributed by atoms with van der Waals surface area (Å²) in [6.07, 6.45) is 3.87. The maximum absolute atomic E-state index is 12.4. The van der Waals surface area contributed by atoms with Crippen LogP contribution in [0.15, 0.2) is 12.2 Å². The highest BCUT2D eigenvalue weighted by Crippen LogP contribution is 2.76. The third kappa shape index (κ3) is 1.14. The van der Waals surface area contributed by atoms with E-state index in [0.717, 1.165) is 0 Å². The second kappa shape index (κ2) is 3.97. The van der Waals surface area contributed by atoms with E-state index < -0.39 is 12.2 Å². The van der Waals surface area contributed by atoms with E-state index in [1.165, 1.54) is 0 Å². The standard InChI is InChI=1S/C16H20N2O4/c1-3-21-15(19)17-13-10-7-5-6-8-9(7)12(13)14(11(8)10)18(17)16(20)22-4-2/h5-14H,3-4H2,1-2H3/t7-,8-,9?,10-,11+,12?,13-,14+/m0/s1. The van der Waals surface area contributed by atoms with Crippen molar-refractivity contribution in [3.8, 4) is 0 Å². The molecule has 4 saturated carbocycles. The van der Waals surface area contributed by atoms with Crippen molar-refractivity contribution in [3.63, 3.8) is 0 Å². The van der Waals surface area contributed by atoms with E-state index in [9.17, 15) is 9.59 Å². The molecule has 1 aliphatic heterocycles. The molecule has 0 aromatic rings. The average molecular weight is 304 g/mol. The van der Waals surface area contributed by atoms with Gasteiger partial charge in [0.2, 0.25) is 0 Å². The van der Waals surface area contributed by atoms with E-state index in [1.54, 1.807) is 23.9 Å². The maximum atomic E-state index is 12.4. The van der Waals surface area contributed by atoms with Crippen LogP contribution < -0.4 is 0 Å². The molecule has 0 spiro atoms. The van der Waals surface area contributed by atoms with Crippen molar-refractivity contribution >= 4 is 12.2 Å². The largest absolute Gasteiger partial charge is 0.448 e. The molecule has 5 fully saturated rings. The Balaban J connectivity index is 1.53. The topological polar surface area (TPSA) is 59.1 Å². The molecule has 6 rings (SSSR count). The average Bonchev–Trinajstić information content (AvgIpc) is 3.27. The van der Waals surface area contributed by atoms with Gasteiger partial charge >= 0.3 is 12.2 Å². The van der Waals surface area contributed by atoms with Gasteiger partial charge in [0.15, 0.2) is 0 Å². The molecule has 1 heterocycles. The normalized spacial score (nSPS) is 47.9. The molecule has 6 heteroatoms. The van der Waals surface area contributed by atoms with Crippen LogP contribution in [0.4, 0.5) is 9.59 Å². The highest BCUT2D eigenvalue weighted by Gasteiger charge is 2.82. The van der Waals surface area contributed by atoms with Gasteiger partial charge in [0.05, 0.1) is 25.3 Å². The Morgan fingerprint density at radius 2 is 1.27 bits per heavy atom. The molecule has 22 heavy (non-hydrogen) atoms. The third-order valence-corrected chi connectivity index (χ3v) is 6.51. The highest BCUT2D eigenvalue weighted by molar-refractivity contribution is 5.77. The Kier molecular flexibility index (Phi) is 2.31. The van der Waals surface area contributed by atoms with E-state index in [-0.39, 0.29) is 12.1 Å². The van der Waals surface area contributed by atoms with Crippen LogP contribution in [0.3, 0.4) is 0 Å². The summed E-state index contributed by atoms with van der Waals surface area (Å²) in [7, 11) is 0. The predicted octanol–water partition coefficient (Wildman–Crippen LogP) is 1.88. The van der Waals surface area contributed by atoms with Crippen LogP contribution in [0.25, 0.3) is 0 Å². The van der Waals surface area contributed by atoms with Crippen LogP contribution >= 0.6 is 0 Å². The smallest absolute Gasteiger partial charge is 0.429 e. The number of ether oxygens (including phenoxy) is 2. The lowest BCUT2D eigenvalue weighted by atomic mass is 9.81. The molecule has 0 aromatic carbocycles. The fourth-order valence-corrected chi connectivity index (χ4v) is 6.39. The Labute approximate surface area is 129 Å². The van der Waals surface area contributed by atoms with Gasteiger partial charge in [-0.05, 0) is 43.4 Å². The van der Waals surface area contributed by atoms with Gasteiger partial charge < -0.3 is 9.47 Å². The van der Waals surface area contributed by atoms with Gasteiger partial charge in [0.1, 0.15) is 0 Å². The summed E-state index contributed by atoms with van der Waals surface area (Å²) in [6.45, 7) is 4.21. The first-order valence-corrected chi connectivity index (χ1v) is 8.31. The summed E-state index contributed by atoms with van der Waals surface area (Å²) in [6, 6.07) is 0.240. The van der Waals surface area contributed by atoms with Crippen molar-refractivity contribution in [3.05, 3.63) is 12.2 Å². The van der Waals surface area contributed by atoms with Crippen molar-refractivity contribution in [2.75, 3.05) is 13.2 Å². The van der Waals surface area contributed by atoms with Crippen molar-refractivity contribution in [2.24, 2.45) is 35.5 Å². The van der Waals surface area contributed by atoms with E-state index in [2.05, 4.69) is 12.2 Å². The minimum absolute atomic E-state index is 0.120. The lowest BCUT2D eigenvalue weighted by Crippen LogP contribution is -2.59. The lowest BCUT2D eigenvalue weighted by molar-refractivity contribution is -0.0744. The zero-order valence-electron chi connectivity index (χ0n) is 12.7. The third-order valence-electron chi connectivity index (χ3n) is 6.51. The molecule has 5 aliphatic carbocycles. The van der Waals surface area contributed by atoms with Crippen molar-refractivity contribution < 1.29 is 19.1 Å². The van der Waals surface area contributed by atoms with Crippen LogP contribution in [0.5, 0.6) is 0 Å². The number of amides is 2. The first kappa shape index (κ1) is 12.8. The van der Waals surface area contributed by atoms with Crippen LogP contribution in [-0.2, 0) is 9.47 Å². The minimum Gasteiger partial charge on any atom is -0.448 e. The molecular weight excluding hydrogens is 284 g/mol. The second-order valence-electron chi connectivity index (χ2n) is 6.92. The molecule has 118 valence electrons. The summed E-state index contributed by atoms with van der Waals surface area (Å²) in [5, 5.41) is 3.17. The Morgan fingerprint density at radius 3 is 1.68 bits per heavy atom. The fourth-order valence-electron chi connectivity index (χ4n) is 6.39. The molecule has 0 aromatic heterocycles. The van der Waals surface area contributed by atoms with Crippen LogP contribution in [0, 0.1) is 35.5 Å². The number of rotatable bonds is 2. The summed E-state index contributed by atoms with van der Waals surface area (Å²) < 4.78 is 10.4. The quantitative estimate of drug-likeness (QED) is 0.731. The number of nitrogens with zero attached hydrogens (tertiary/aromatic N) is 2. The summed E-state index contributed by atoms with van der Waals surface area (Å²) in [5.41, 5.74) is 0. The first-order chi connectivity index (χ1) is 10.7. The van der Waals surface area contributed by atoms with E-state index in [1.807, 2.05) is 0 Å². The SMILES string of the molecule is CCOC(=O)N1[C@@H]2C3C4[C@@H]5C=C[C@@H]4[C@H]([C@@H]25)[C@H]3N1C(=O)OCC. The van der Waals surface area contributed by atoms with Crippen molar-refractivity contribution in [1.29, 1.82) is 0 Å². The van der Waals surface area contributed by atoms with E-state index in [0.29, 0.717) is 48.7 Å².